The first-order valence-corrected chi connectivity index (χ1v) is 6.61. The van der Waals surface area contributed by atoms with Crippen LogP contribution in [-0.2, 0) is 6.54 Å². The lowest BCUT2D eigenvalue weighted by Crippen LogP contribution is -2.50. The third kappa shape index (κ3) is 3.08. The molecule has 2 heteroatoms. The van der Waals surface area contributed by atoms with Gasteiger partial charge in [-0.3, -0.25) is 4.90 Å². The Morgan fingerprint density at radius 3 is 2.71 bits per heavy atom. The molecule has 0 bridgehead atoms. The van der Waals surface area contributed by atoms with Crippen molar-refractivity contribution in [3.8, 4) is 0 Å². The van der Waals surface area contributed by atoms with Gasteiger partial charge in [-0.05, 0) is 39.3 Å². The Kier molecular flexibility index (Phi) is 3.85. The van der Waals surface area contributed by atoms with E-state index in [1.54, 1.807) is 0 Å². The Morgan fingerprint density at radius 2 is 2.00 bits per heavy atom. The summed E-state index contributed by atoms with van der Waals surface area (Å²) in [7, 11) is 0. The van der Waals surface area contributed by atoms with Gasteiger partial charge in [0.15, 0.2) is 0 Å². The van der Waals surface area contributed by atoms with Crippen LogP contribution in [0.15, 0.2) is 30.3 Å². The molecule has 1 saturated heterocycles. The van der Waals surface area contributed by atoms with Crippen molar-refractivity contribution in [3.63, 3.8) is 0 Å². The molecular weight excluding hydrogens is 208 g/mol. The van der Waals surface area contributed by atoms with Crippen LogP contribution in [0.2, 0.25) is 0 Å². The summed E-state index contributed by atoms with van der Waals surface area (Å²) >= 11 is 0. The summed E-state index contributed by atoms with van der Waals surface area (Å²) in [4.78, 5) is 2.63. The van der Waals surface area contributed by atoms with Gasteiger partial charge in [0, 0.05) is 24.7 Å². The maximum absolute atomic E-state index is 3.54. The van der Waals surface area contributed by atoms with Crippen molar-refractivity contribution < 1.29 is 0 Å². The van der Waals surface area contributed by atoms with E-state index >= 15 is 0 Å². The van der Waals surface area contributed by atoms with Crippen molar-refractivity contribution in [2.45, 2.75) is 45.3 Å². The molecule has 1 unspecified atom stereocenters. The van der Waals surface area contributed by atoms with Crippen LogP contribution >= 0.6 is 0 Å². The molecule has 0 amide bonds. The number of nitrogens with one attached hydrogen (secondary N) is 1. The molecule has 2 nitrogen and oxygen atoms in total. The maximum Gasteiger partial charge on any atom is 0.0284 e. The molecule has 1 aromatic rings. The van der Waals surface area contributed by atoms with E-state index in [9.17, 15) is 0 Å². The lowest BCUT2D eigenvalue weighted by atomic mass is 9.99. The fraction of sp³-hybridized carbons (Fsp3) is 0.600. The van der Waals surface area contributed by atoms with Crippen LogP contribution in [0.1, 0.15) is 32.8 Å². The van der Waals surface area contributed by atoms with E-state index < -0.39 is 0 Å². The molecule has 1 N–H and O–H groups in total. The molecule has 1 aromatic carbocycles. The van der Waals surface area contributed by atoms with Crippen LogP contribution in [0, 0.1) is 0 Å². The maximum atomic E-state index is 3.54. The smallest absolute Gasteiger partial charge is 0.0284 e. The highest BCUT2D eigenvalue weighted by atomic mass is 15.2. The van der Waals surface area contributed by atoms with Crippen LogP contribution in [0.4, 0.5) is 0 Å². The molecule has 1 aliphatic rings. The van der Waals surface area contributed by atoms with E-state index in [0.717, 1.165) is 19.6 Å². The summed E-state index contributed by atoms with van der Waals surface area (Å²) in [5.74, 6) is 0. The quantitative estimate of drug-likeness (QED) is 0.843. The summed E-state index contributed by atoms with van der Waals surface area (Å²) in [6.45, 7) is 10.3. The summed E-state index contributed by atoms with van der Waals surface area (Å²) in [6.07, 6.45) is 1.23. The van der Waals surface area contributed by atoms with Gasteiger partial charge in [-0.1, -0.05) is 30.3 Å². The minimum Gasteiger partial charge on any atom is -0.315 e. The van der Waals surface area contributed by atoms with E-state index in [2.05, 4.69) is 61.3 Å². The van der Waals surface area contributed by atoms with Gasteiger partial charge in [0.2, 0.25) is 0 Å². The van der Waals surface area contributed by atoms with E-state index in [1.165, 1.54) is 12.0 Å². The molecule has 94 valence electrons. The summed E-state index contributed by atoms with van der Waals surface area (Å²) in [5, 5.41) is 3.54. The topological polar surface area (TPSA) is 15.3 Å². The van der Waals surface area contributed by atoms with Crippen LogP contribution in [0.5, 0.6) is 0 Å². The highest BCUT2D eigenvalue weighted by Gasteiger charge is 2.32. The summed E-state index contributed by atoms with van der Waals surface area (Å²) in [6, 6.07) is 11.4. The molecule has 0 aromatic heterocycles. The largest absolute Gasteiger partial charge is 0.315 e. The zero-order valence-electron chi connectivity index (χ0n) is 11.2. The van der Waals surface area contributed by atoms with Gasteiger partial charge in [-0.25, -0.2) is 0 Å². The monoisotopic (exact) mass is 232 g/mol. The van der Waals surface area contributed by atoms with E-state index in [4.69, 9.17) is 0 Å². The van der Waals surface area contributed by atoms with Crippen molar-refractivity contribution in [3.05, 3.63) is 35.9 Å². The lowest BCUT2D eigenvalue weighted by molar-refractivity contribution is 0.0798. The van der Waals surface area contributed by atoms with E-state index in [1.807, 2.05) is 0 Å². The number of hydrogen-bond acceptors (Lipinski definition) is 2. The molecule has 1 aliphatic heterocycles. The Morgan fingerprint density at radius 1 is 1.29 bits per heavy atom. The molecule has 1 atom stereocenters. The molecule has 17 heavy (non-hydrogen) atoms. The fourth-order valence-electron chi connectivity index (χ4n) is 2.71. The molecule has 0 saturated carbocycles. The number of benzene rings is 1. The highest BCUT2D eigenvalue weighted by Crippen LogP contribution is 2.23. The Balaban J connectivity index is 2.15. The van der Waals surface area contributed by atoms with Crippen LogP contribution in [0.3, 0.4) is 0 Å². The molecule has 1 fully saturated rings. The number of rotatable bonds is 2. The Labute approximate surface area is 105 Å². The molecular formula is C15H24N2. The lowest BCUT2D eigenvalue weighted by Gasteiger charge is -2.40. The minimum absolute atomic E-state index is 0.228. The molecule has 0 spiro atoms. The average Bonchev–Trinajstić information content (AvgIpc) is 2.43. The Hall–Kier alpha value is -0.860. The summed E-state index contributed by atoms with van der Waals surface area (Å²) in [5.41, 5.74) is 1.64. The predicted octanol–water partition coefficient (Wildman–Crippen LogP) is 2.65. The second kappa shape index (κ2) is 5.19. The third-order valence-corrected chi connectivity index (χ3v) is 3.80. The van der Waals surface area contributed by atoms with Crippen molar-refractivity contribution in [2.24, 2.45) is 0 Å². The van der Waals surface area contributed by atoms with Crippen molar-refractivity contribution in [2.75, 3.05) is 13.1 Å². The van der Waals surface area contributed by atoms with Crippen LogP contribution in [-0.4, -0.2) is 29.6 Å². The normalized spacial score (nSPS) is 25.5. The van der Waals surface area contributed by atoms with Crippen molar-refractivity contribution >= 4 is 0 Å². The molecule has 0 radical (unpaired) electrons. The highest BCUT2D eigenvalue weighted by molar-refractivity contribution is 5.15. The second-order valence-corrected chi connectivity index (χ2v) is 5.74. The van der Waals surface area contributed by atoms with Gasteiger partial charge in [-0.15, -0.1) is 0 Å². The van der Waals surface area contributed by atoms with Gasteiger partial charge in [-0.2, -0.15) is 0 Å². The zero-order chi connectivity index (χ0) is 12.3. The van der Waals surface area contributed by atoms with Gasteiger partial charge >= 0.3 is 0 Å². The molecule has 2 rings (SSSR count). The number of nitrogens with zero attached hydrogens (tertiary/aromatic N) is 1. The Bertz CT molecular complexity index is 345. The number of hydrogen-bond donors (Lipinski definition) is 1. The standard InChI is InChI=1S/C15H24N2/c1-13-9-10-16-12-15(2,3)17(13)11-14-7-5-4-6-8-14/h4-8,13,16H,9-12H2,1-3H3. The SMILES string of the molecule is CC1CCNCC(C)(C)N1Cc1ccccc1. The average molecular weight is 232 g/mol. The van der Waals surface area contributed by atoms with Gasteiger partial charge in [0.1, 0.15) is 0 Å². The van der Waals surface area contributed by atoms with Crippen LogP contribution in [0.25, 0.3) is 0 Å². The van der Waals surface area contributed by atoms with Gasteiger partial charge < -0.3 is 5.32 Å². The fourth-order valence-corrected chi connectivity index (χ4v) is 2.71. The zero-order valence-corrected chi connectivity index (χ0v) is 11.2. The van der Waals surface area contributed by atoms with E-state index in [0.29, 0.717) is 6.04 Å². The van der Waals surface area contributed by atoms with Gasteiger partial charge in [0.05, 0.1) is 0 Å². The minimum atomic E-state index is 0.228. The third-order valence-electron chi connectivity index (χ3n) is 3.80. The molecule has 1 heterocycles. The molecule has 0 aliphatic carbocycles. The first-order chi connectivity index (χ1) is 8.09. The van der Waals surface area contributed by atoms with Gasteiger partial charge in [0.25, 0.3) is 0 Å². The van der Waals surface area contributed by atoms with Crippen molar-refractivity contribution in [1.82, 2.24) is 10.2 Å². The first kappa shape index (κ1) is 12.6. The predicted molar refractivity (Wildman–Crippen MR) is 73.0 cm³/mol. The second-order valence-electron chi connectivity index (χ2n) is 5.74. The van der Waals surface area contributed by atoms with Crippen LogP contribution < -0.4 is 5.32 Å². The summed E-state index contributed by atoms with van der Waals surface area (Å²) < 4.78 is 0. The van der Waals surface area contributed by atoms with E-state index in [-0.39, 0.29) is 5.54 Å². The van der Waals surface area contributed by atoms with Crippen molar-refractivity contribution in [1.29, 1.82) is 0 Å². The first-order valence-electron chi connectivity index (χ1n) is 6.61.